The lowest BCUT2D eigenvalue weighted by molar-refractivity contribution is -0.323. The summed E-state index contributed by atoms with van der Waals surface area (Å²) in [6, 6.07) is 0. The van der Waals surface area contributed by atoms with Crippen LogP contribution in [0.25, 0.3) is 0 Å². The molecule has 7 nitrogen and oxygen atoms in total. The summed E-state index contributed by atoms with van der Waals surface area (Å²) in [6.07, 6.45) is 2.12. The summed E-state index contributed by atoms with van der Waals surface area (Å²) in [6.45, 7) is 0. The molecule has 7 heteroatoms. The SMILES string of the molecule is O=C([O-])CC(O)C(=O)[O-].O=C1C=CC(=O)C=C1. The molecular formula is C10H8O7-2. The van der Waals surface area contributed by atoms with E-state index in [1.165, 1.54) is 24.3 Å². The fourth-order valence-corrected chi connectivity index (χ4v) is 0.681. The molecule has 0 amide bonds. The highest BCUT2D eigenvalue weighted by Gasteiger charge is 2.03. The molecule has 0 bridgehead atoms. The van der Waals surface area contributed by atoms with Crippen molar-refractivity contribution in [1.82, 2.24) is 0 Å². The van der Waals surface area contributed by atoms with Gasteiger partial charge in [-0.2, -0.15) is 0 Å². The van der Waals surface area contributed by atoms with Crippen LogP contribution in [-0.2, 0) is 19.2 Å². The largest absolute Gasteiger partial charge is 0.550 e. The molecule has 92 valence electrons. The van der Waals surface area contributed by atoms with Crippen LogP contribution in [0.2, 0.25) is 0 Å². The highest BCUT2D eigenvalue weighted by atomic mass is 16.4. The lowest BCUT2D eigenvalue weighted by atomic mass is 10.2. The van der Waals surface area contributed by atoms with Gasteiger partial charge in [0.2, 0.25) is 0 Å². The first kappa shape index (κ1) is 14.7. The zero-order valence-corrected chi connectivity index (χ0v) is 8.49. The highest BCUT2D eigenvalue weighted by Crippen LogP contribution is 1.90. The second-order valence-electron chi connectivity index (χ2n) is 2.88. The first-order valence-corrected chi connectivity index (χ1v) is 4.35. The topological polar surface area (TPSA) is 135 Å². The van der Waals surface area contributed by atoms with Crippen molar-refractivity contribution >= 4 is 23.5 Å². The normalized spacial score (nSPS) is 14.9. The van der Waals surface area contributed by atoms with Crippen molar-refractivity contribution in [3.63, 3.8) is 0 Å². The monoisotopic (exact) mass is 240 g/mol. The number of hydrogen-bond acceptors (Lipinski definition) is 7. The van der Waals surface area contributed by atoms with E-state index in [0.29, 0.717) is 0 Å². The van der Waals surface area contributed by atoms with E-state index < -0.39 is 24.5 Å². The van der Waals surface area contributed by atoms with Crippen LogP contribution in [0.5, 0.6) is 0 Å². The minimum Gasteiger partial charge on any atom is -0.550 e. The molecule has 0 heterocycles. The van der Waals surface area contributed by atoms with Crippen LogP contribution >= 0.6 is 0 Å². The van der Waals surface area contributed by atoms with Crippen molar-refractivity contribution in [3.8, 4) is 0 Å². The van der Waals surface area contributed by atoms with E-state index in [-0.39, 0.29) is 11.6 Å². The zero-order valence-electron chi connectivity index (χ0n) is 8.49. The van der Waals surface area contributed by atoms with Gasteiger partial charge < -0.3 is 24.9 Å². The third kappa shape index (κ3) is 7.63. The van der Waals surface area contributed by atoms with Crippen LogP contribution in [0.1, 0.15) is 6.42 Å². The molecule has 0 saturated carbocycles. The molecule has 0 spiro atoms. The number of aliphatic hydroxyl groups is 1. The number of carbonyl (C=O) groups is 4. The predicted molar refractivity (Wildman–Crippen MR) is 48.9 cm³/mol. The molecule has 0 aromatic heterocycles. The maximum Gasteiger partial charge on any atom is 0.178 e. The van der Waals surface area contributed by atoms with Crippen molar-refractivity contribution in [2.24, 2.45) is 0 Å². The van der Waals surface area contributed by atoms with Crippen molar-refractivity contribution < 1.29 is 34.5 Å². The number of rotatable bonds is 3. The van der Waals surface area contributed by atoms with Gasteiger partial charge in [0.25, 0.3) is 0 Å². The predicted octanol–water partition coefficient (Wildman–Crippen LogP) is -3.51. The number of carboxylic acid groups (broad SMARTS) is 2. The number of aliphatic hydroxyl groups excluding tert-OH is 1. The number of hydrogen-bond donors (Lipinski definition) is 1. The van der Waals surface area contributed by atoms with Gasteiger partial charge in [0.15, 0.2) is 11.6 Å². The fourth-order valence-electron chi connectivity index (χ4n) is 0.681. The van der Waals surface area contributed by atoms with Gasteiger partial charge in [-0.05, 0) is 24.3 Å². The standard InChI is InChI=1S/C6H4O2.C4H6O5/c7-5-1-2-6(8)4-3-5;5-2(4(8)9)1-3(6)7/h1-4H;2,5H,1H2,(H,6,7)(H,8,9)/p-2. The lowest BCUT2D eigenvalue weighted by Gasteiger charge is -2.10. The summed E-state index contributed by atoms with van der Waals surface area (Å²) in [5.74, 6) is -3.67. The van der Waals surface area contributed by atoms with Gasteiger partial charge >= 0.3 is 0 Å². The molecule has 1 rings (SSSR count). The molecule has 1 unspecified atom stereocenters. The molecular weight excluding hydrogens is 232 g/mol. The Morgan fingerprint density at radius 3 is 1.59 bits per heavy atom. The Labute approximate surface area is 95.7 Å². The van der Waals surface area contributed by atoms with Crippen molar-refractivity contribution in [3.05, 3.63) is 24.3 Å². The minimum absolute atomic E-state index is 0.121. The number of carbonyl (C=O) groups excluding carboxylic acids is 4. The van der Waals surface area contributed by atoms with E-state index in [4.69, 9.17) is 5.11 Å². The molecule has 1 aliphatic rings. The van der Waals surface area contributed by atoms with E-state index in [9.17, 15) is 29.4 Å². The molecule has 0 saturated heterocycles. The Kier molecular flexibility index (Phi) is 6.12. The van der Waals surface area contributed by atoms with Crippen molar-refractivity contribution in [2.75, 3.05) is 0 Å². The average Bonchev–Trinajstić information content (AvgIpc) is 2.22. The lowest BCUT2D eigenvalue weighted by Crippen LogP contribution is -2.39. The van der Waals surface area contributed by atoms with E-state index in [1.54, 1.807) is 0 Å². The van der Waals surface area contributed by atoms with Crippen molar-refractivity contribution in [2.45, 2.75) is 12.5 Å². The zero-order chi connectivity index (χ0) is 13.4. The molecule has 17 heavy (non-hydrogen) atoms. The summed E-state index contributed by atoms with van der Waals surface area (Å²) < 4.78 is 0. The van der Waals surface area contributed by atoms with Crippen LogP contribution in [0.15, 0.2) is 24.3 Å². The van der Waals surface area contributed by atoms with Gasteiger partial charge in [-0.15, -0.1) is 0 Å². The Bertz CT molecular complexity index is 353. The van der Waals surface area contributed by atoms with Gasteiger partial charge in [0.05, 0.1) is 12.1 Å². The first-order chi connectivity index (χ1) is 7.82. The van der Waals surface area contributed by atoms with Crippen LogP contribution in [0, 0.1) is 0 Å². The molecule has 0 aromatic carbocycles. The number of allylic oxidation sites excluding steroid dienone is 4. The summed E-state index contributed by atoms with van der Waals surface area (Å²) in [5.41, 5.74) is 0. The maximum atomic E-state index is 10.3. The molecule has 0 fully saturated rings. The summed E-state index contributed by atoms with van der Waals surface area (Å²) in [7, 11) is 0. The molecule has 1 aliphatic carbocycles. The van der Waals surface area contributed by atoms with E-state index >= 15 is 0 Å². The summed E-state index contributed by atoms with van der Waals surface area (Å²) in [5, 5.41) is 27.3. The van der Waals surface area contributed by atoms with Crippen LogP contribution in [0.3, 0.4) is 0 Å². The van der Waals surface area contributed by atoms with Gasteiger partial charge in [-0.3, -0.25) is 9.59 Å². The Morgan fingerprint density at radius 2 is 1.41 bits per heavy atom. The van der Waals surface area contributed by atoms with E-state index in [0.717, 1.165) is 0 Å². The summed E-state index contributed by atoms with van der Waals surface area (Å²) in [4.78, 5) is 39.7. The highest BCUT2D eigenvalue weighted by molar-refractivity contribution is 6.14. The van der Waals surface area contributed by atoms with Gasteiger partial charge in [-0.25, -0.2) is 0 Å². The van der Waals surface area contributed by atoms with E-state index in [2.05, 4.69) is 0 Å². The molecule has 0 aliphatic heterocycles. The van der Waals surface area contributed by atoms with Crippen LogP contribution < -0.4 is 10.2 Å². The third-order valence-electron chi connectivity index (χ3n) is 1.46. The quantitative estimate of drug-likeness (QED) is 0.505. The van der Waals surface area contributed by atoms with E-state index in [1.807, 2.05) is 0 Å². The first-order valence-electron chi connectivity index (χ1n) is 4.35. The minimum atomic E-state index is -1.96. The maximum absolute atomic E-state index is 10.3. The van der Waals surface area contributed by atoms with Gasteiger partial charge in [0.1, 0.15) is 0 Å². The molecule has 0 aromatic rings. The smallest absolute Gasteiger partial charge is 0.178 e. The molecule has 0 radical (unpaired) electrons. The average molecular weight is 240 g/mol. The number of ketones is 2. The second-order valence-corrected chi connectivity index (χ2v) is 2.88. The van der Waals surface area contributed by atoms with Gasteiger partial charge in [0, 0.05) is 12.4 Å². The van der Waals surface area contributed by atoms with Gasteiger partial charge in [-0.1, -0.05) is 0 Å². The fraction of sp³-hybridized carbons (Fsp3) is 0.200. The van der Waals surface area contributed by atoms with Crippen molar-refractivity contribution in [1.29, 1.82) is 0 Å². The Hall–Kier alpha value is -2.28. The Morgan fingerprint density at radius 1 is 1.06 bits per heavy atom. The number of aliphatic carboxylic acids is 2. The molecule has 1 N–H and O–H groups in total. The van der Waals surface area contributed by atoms with Crippen LogP contribution in [-0.4, -0.2) is 34.7 Å². The number of carboxylic acids is 2. The van der Waals surface area contributed by atoms with Crippen LogP contribution in [0.4, 0.5) is 0 Å². The second kappa shape index (κ2) is 7.07. The summed E-state index contributed by atoms with van der Waals surface area (Å²) >= 11 is 0. The third-order valence-corrected chi connectivity index (χ3v) is 1.46. The Balaban J connectivity index is 0.000000302. The molecule has 1 atom stereocenters.